The van der Waals surface area contributed by atoms with Crippen molar-refractivity contribution >= 4 is 23.2 Å². The van der Waals surface area contributed by atoms with Crippen LogP contribution in [0.15, 0.2) is 18.2 Å². The van der Waals surface area contributed by atoms with Gasteiger partial charge < -0.3 is 15.8 Å². The molecule has 0 aliphatic rings. The highest BCUT2D eigenvalue weighted by molar-refractivity contribution is 6.33. The van der Waals surface area contributed by atoms with Gasteiger partial charge in [0.1, 0.15) is 0 Å². The van der Waals surface area contributed by atoms with Gasteiger partial charge in [-0.1, -0.05) is 11.6 Å². The first-order valence-corrected chi connectivity index (χ1v) is 5.60. The lowest BCUT2D eigenvalue weighted by Gasteiger charge is -2.25. The van der Waals surface area contributed by atoms with Crippen molar-refractivity contribution in [3.8, 4) is 0 Å². The Labute approximate surface area is 106 Å². The van der Waals surface area contributed by atoms with Crippen LogP contribution < -0.4 is 11.1 Å². The first-order chi connectivity index (χ1) is 7.85. The zero-order valence-corrected chi connectivity index (χ0v) is 11.0. The largest absolute Gasteiger partial charge is 0.398 e. The quantitative estimate of drug-likeness (QED) is 0.811. The summed E-state index contributed by atoms with van der Waals surface area (Å²) in [6, 6.07) is 4.80. The van der Waals surface area contributed by atoms with Crippen LogP contribution >= 0.6 is 11.6 Å². The molecule has 3 N–H and O–H groups in total. The number of carbonyl (C=O) groups is 1. The molecule has 0 radical (unpaired) electrons. The molecular weight excluding hydrogens is 240 g/mol. The summed E-state index contributed by atoms with van der Waals surface area (Å²) in [4.78, 5) is 11.9. The van der Waals surface area contributed by atoms with E-state index in [1.54, 1.807) is 25.3 Å². The molecule has 0 unspecified atom stereocenters. The van der Waals surface area contributed by atoms with Gasteiger partial charge in [-0.2, -0.15) is 0 Å². The van der Waals surface area contributed by atoms with Gasteiger partial charge in [0.15, 0.2) is 0 Å². The molecule has 1 rings (SSSR count). The molecular formula is C12H17ClN2O2. The number of hydrogen-bond donors (Lipinski definition) is 2. The summed E-state index contributed by atoms with van der Waals surface area (Å²) in [5, 5.41) is 3.30. The summed E-state index contributed by atoms with van der Waals surface area (Å²) in [5.74, 6) is -0.199. The highest BCUT2D eigenvalue weighted by Gasteiger charge is 2.21. The van der Waals surface area contributed by atoms with Crippen LogP contribution in [0.4, 0.5) is 5.69 Å². The third-order valence-electron chi connectivity index (χ3n) is 2.22. The third-order valence-corrected chi connectivity index (χ3v) is 2.56. The van der Waals surface area contributed by atoms with Crippen molar-refractivity contribution in [2.45, 2.75) is 19.4 Å². The standard InChI is InChI=1S/C12H17ClN2O2/c1-12(2,7-17-3)15-11(16)8-4-5-9(13)10(14)6-8/h4-6H,7,14H2,1-3H3,(H,15,16). The Morgan fingerprint density at radius 2 is 2.18 bits per heavy atom. The lowest BCUT2D eigenvalue weighted by Crippen LogP contribution is -2.46. The summed E-state index contributed by atoms with van der Waals surface area (Å²) in [6.07, 6.45) is 0. The molecule has 0 atom stereocenters. The second kappa shape index (κ2) is 5.38. The Morgan fingerprint density at radius 1 is 1.53 bits per heavy atom. The molecule has 0 saturated heterocycles. The van der Waals surface area contributed by atoms with Crippen molar-refractivity contribution in [3.63, 3.8) is 0 Å². The van der Waals surface area contributed by atoms with E-state index in [9.17, 15) is 4.79 Å². The van der Waals surface area contributed by atoms with Gasteiger partial charge in [0.25, 0.3) is 5.91 Å². The number of nitrogens with two attached hydrogens (primary N) is 1. The molecule has 1 aromatic carbocycles. The van der Waals surface area contributed by atoms with Gasteiger partial charge in [0, 0.05) is 12.7 Å². The van der Waals surface area contributed by atoms with E-state index in [-0.39, 0.29) is 5.91 Å². The van der Waals surface area contributed by atoms with Gasteiger partial charge in [-0.15, -0.1) is 0 Å². The number of hydrogen-bond acceptors (Lipinski definition) is 3. The molecule has 4 nitrogen and oxygen atoms in total. The van der Waals surface area contributed by atoms with Crippen LogP contribution in [0.1, 0.15) is 24.2 Å². The molecule has 0 saturated carbocycles. The van der Waals surface area contributed by atoms with Crippen molar-refractivity contribution in [2.24, 2.45) is 0 Å². The SMILES string of the molecule is COCC(C)(C)NC(=O)c1ccc(Cl)c(N)c1. The molecule has 5 heteroatoms. The maximum Gasteiger partial charge on any atom is 0.251 e. The first kappa shape index (κ1) is 13.8. The Morgan fingerprint density at radius 3 is 2.71 bits per heavy atom. The molecule has 1 aromatic rings. The van der Waals surface area contributed by atoms with E-state index in [0.29, 0.717) is 22.9 Å². The van der Waals surface area contributed by atoms with E-state index < -0.39 is 5.54 Å². The van der Waals surface area contributed by atoms with E-state index >= 15 is 0 Å². The molecule has 0 fully saturated rings. The average molecular weight is 257 g/mol. The van der Waals surface area contributed by atoms with Crippen LogP contribution in [0, 0.1) is 0 Å². The van der Waals surface area contributed by atoms with Crippen molar-refractivity contribution < 1.29 is 9.53 Å². The lowest BCUT2D eigenvalue weighted by atomic mass is 10.1. The molecule has 0 aliphatic heterocycles. The average Bonchev–Trinajstić information content (AvgIpc) is 2.21. The molecule has 17 heavy (non-hydrogen) atoms. The number of nitrogen functional groups attached to an aromatic ring is 1. The van der Waals surface area contributed by atoms with Crippen molar-refractivity contribution in [1.29, 1.82) is 0 Å². The summed E-state index contributed by atoms with van der Waals surface area (Å²) in [5.41, 5.74) is 6.09. The minimum absolute atomic E-state index is 0.199. The Balaban J connectivity index is 2.80. The highest BCUT2D eigenvalue weighted by Crippen LogP contribution is 2.19. The van der Waals surface area contributed by atoms with Crippen LogP contribution in [0.3, 0.4) is 0 Å². The summed E-state index contributed by atoms with van der Waals surface area (Å²) in [7, 11) is 1.59. The summed E-state index contributed by atoms with van der Waals surface area (Å²) < 4.78 is 5.03. The smallest absolute Gasteiger partial charge is 0.251 e. The van der Waals surface area contributed by atoms with Crippen molar-refractivity contribution in [2.75, 3.05) is 19.5 Å². The molecule has 0 aromatic heterocycles. The highest BCUT2D eigenvalue weighted by atomic mass is 35.5. The molecule has 0 aliphatic carbocycles. The molecule has 94 valence electrons. The molecule has 1 amide bonds. The fourth-order valence-corrected chi connectivity index (χ4v) is 1.58. The van der Waals surface area contributed by atoms with Crippen LogP contribution in [0.5, 0.6) is 0 Å². The number of methoxy groups -OCH3 is 1. The second-order valence-electron chi connectivity index (χ2n) is 4.51. The summed E-state index contributed by atoms with van der Waals surface area (Å²) in [6.45, 7) is 4.20. The maximum atomic E-state index is 11.9. The summed E-state index contributed by atoms with van der Waals surface area (Å²) >= 11 is 5.79. The maximum absolute atomic E-state index is 11.9. The number of amides is 1. The molecule has 0 bridgehead atoms. The molecule has 0 spiro atoms. The van der Waals surface area contributed by atoms with Gasteiger partial charge in [-0.25, -0.2) is 0 Å². The van der Waals surface area contributed by atoms with Crippen LogP contribution in [-0.2, 0) is 4.74 Å². The predicted molar refractivity (Wildman–Crippen MR) is 69.3 cm³/mol. The van der Waals surface area contributed by atoms with E-state index in [1.165, 1.54) is 0 Å². The minimum Gasteiger partial charge on any atom is -0.398 e. The second-order valence-corrected chi connectivity index (χ2v) is 4.91. The number of ether oxygens (including phenoxy) is 1. The van der Waals surface area contributed by atoms with E-state index in [1.807, 2.05) is 13.8 Å². The van der Waals surface area contributed by atoms with E-state index in [2.05, 4.69) is 5.32 Å². The number of anilines is 1. The third kappa shape index (κ3) is 3.91. The van der Waals surface area contributed by atoms with E-state index in [0.717, 1.165) is 0 Å². The lowest BCUT2D eigenvalue weighted by molar-refractivity contribution is 0.0820. The van der Waals surface area contributed by atoms with E-state index in [4.69, 9.17) is 22.1 Å². The molecule has 0 heterocycles. The normalized spacial score (nSPS) is 11.3. The fraction of sp³-hybridized carbons (Fsp3) is 0.417. The van der Waals surface area contributed by atoms with Gasteiger partial charge in [-0.3, -0.25) is 4.79 Å². The van der Waals surface area contributed by atoms with Gasteiger partial charge >= 0.3 is 0 Å². The number of rotatable bonds is 4. The Hall–Kier alpha value is -1.26. The van der Waals surface area contributed by atoms with Gasteiger partial charge in [0.2, 0.25) is 0 Å². The van der Waals surface area contributed by atoms with Gasteiger partial charge in [-0.05, 0) is 32.0 Å². The van der Waals surface area contributed by atoms with Crippen molar-refractivity contribution in [3.05, 3.63) is 28.8 Å². The number of nitrogens with one attached hydrogen (secondary N) is 1. The Kier molecular flexibility index (Phi) is 4.37. The van der Waals surface area contributed by atoms with Crippen LogP contribution in [0.25, 0.3) is 0 Å². The first-order valence-electron chi connectivity index (χ1n) is 5.22. The monoisotopic (exact) mass is 256 g/mol. The van der Waals surface area contributed by atoms with Crippen molar-refractivity contribution in [1.82, 2.24) is 5.32 Å². The van der Waals surface area contributed by atoms with Gasteiger partial charge in [0.05, 0.1) is 22.9 Å². The van der Waals surface area contributed by atoms with Crippen LogP contribution in [-0.4, -0.2) is 25.2 Å². The fourth-order valence-electron chi connectivity index (χ4n) is 1.46. The van der Waals surface area contributed by atoms with Crippen LogP contribution in [0.2, 0.25) is 5.02 Å². The Bertz CT molecular complexity index is 419. The minimum atomic E-state index is -0.430. The predicted octanol–water partition coefficient (Wildman–Crippen LogP) is 2.08. The topological polar surface area (TPSA) is 64.3 Å². The number of carbonyl (C=O) groups excluding carboxylic acids is 1. The number of benzene rings is 1. The zero-order chi connectivity index (χ0) is 13.1. The zero-order valence-electron chi connectivity index (χ0n) is 10.2. The number of halogens is 1.